The molecule has 1 aliphatic rings. The summed E-state index contributed by atoms with van der Waals surface area (Å²) in [6, 6.07) is 9.27. The van der Waals surface area contributed by atoms with E-state index in [9.17, 15) is 14.7 Å². The Balaban J connectivity index is 2.08. The Hall–Kier alpha value is -3.06. The van der Waals surface area contributed by atoms with E-state index < -0.39 is 17.7 Å². The van der Waals surface area contributed by atoms with Crippen LogP contribution in [-0.4, -0.2) is 48.1 Å². The number of likely N-dealkylation sites (tertiary alicyclic amines) is 1. The molecular formula is C21H23NO6. The number of hydrogen-bond acceptors (Lipinski definition) is 6. The number of aliphatic hydroxyl groups excluding tert-OH is 1. The van der Waals surface area contributed by atoms with E-state index in [-0.39, 0.29) is 30.6 Å². The molecule has 0 saturated carbocycles. The van der Waals surface area contributed by atoms with Crippen LogP contribution in [0.2, 0.25) is 0 Å². The number of Topliss-reactive ketones (excluding diaryl/α,β-unsaturated/α-hetero) is 1. The molecule has 1 aromatic carbocycles. The minimum Gasteiger partial charge on any atom is -0.507 e. The number of aliphatic hydroxyl groups is 1. The highest BCUT2D eigenvalue weighted by atomic mass is 16.5. The number of nitrogens with zero attached hydrogens (tertiary/aromatic N) is 1. The summed E-state index contributed by atoms with van der Waals surface area (Å²) in [5, 5.41) is 10.9. The molecule has 1 unspecified atom stereocenters. The van der Waals surface area contributed by atoms with Gasteiger partial charge in [-0.25, -0.2) is 0 Å². The Morgan fingerprint density at radius 3 is 2.61 bits per heavy atom. The maximum atomic E-state index is 12.8. The molecule has 148 valence electrons. The van der Waals surface area contributed by atoms with Crippen molar-refractivity contribution in [1.29, 1.82) is 0 Å². The second-order valence-electron chi connectivity index (χ2n) is 6.63. The van der Waals surface area contributed by atoms with Crippen LogP contribution in [-0.2, 0) is 14.3 Å². The van der Waals surface area contributed by atoms with Crippen LogP contribution in [0, 0.1) is 0 Å². The van der Waals surface area contributed by atoms with Gasteiger partial charge < -0.3 is 23.9 Å². The van der Waals surface area contributed by atoms with Gasteiger partial charge in [0.15, 0.2) is 0 Å². The van der Waals surface area contributed by atoms with Crippen LogP contribution in [0.1, 0.15) is 31.2 Å². The Labute approximate surface area is 163 Å². The molecule has 2 aromatic rings. The third-order valence-corrected chi connectivity index (χ3v) is 4.50. The van der Waals surface area contributed by atoms with E-state index in [0.717, 1.165) is 0 Å². The monoisotopic (exact) mass is 385 g/mol. The lowest BCUT2D eigenvalue weighted by Crippen LogP contribution is -2.33. The van der Waals surface area contributed by atoms with Crippen LogP contribution >= 0.6 is 0 Å². The second kappa shape index (κ2) is 8.31. The molecule has 0 bridgehead atoms. The van der Waals surface area contributed by atoms with Crippen molar-refractivity contribution in [3.8, 4) is 5.75 Å². The van der Waals surface area contributed by atoms with Gasteiger partial charge in [0, 0.05) is 6.54 Å². The summed E-state index contributed by atoms with van der Waals surface area (Å²) in [5.41, 5.74) is 0.298. The first-order valence-corrected chi connectivity index (χ1v) is 9.02. The zero-order chi connectivity index (χ0) is 20.3. The van der Waals surface area contributed by atoms with Gasteiger partial charge in [-0.1, -0.05) is 12.1 Å². The third kappa shape index (κ3) is 3.66. The second-order valence-corrected chi connectivity index (χ2v) is 6.63. The van der Waals surface area contributed by atoms with Gasteiger partial charge in [0.25, 0.3) is 11.7 Å². The maximum absolute atomic E-state index is 12.8. The molecule has 2 heterocycles. The first-order valence-electron chi connectivity index (χ1n) is 9.02. The zero-order valence-electron chi connectivity index (χ0n) is 16.0. The van der Waals surface area contributed by atoms with Crippen LogP contribution in [0.25, 0.3) is 5.76 Å². The highest BCUT2D eigenvalue weighted by Crippen LogP contribution is 2.40. The largest absolute Gasteiger partial charge is 0.507 e. The number of methoxy groups -OCH3 is 1. The summed E-state index contributed by atoms with van der Waals surface area (Å²) in [7, 11) is 1.47. The van der Waals surface area contributed by atoms with Gasteiger partial charge in [-0.3, -0.25) is 9.59 Å². The highest BCUT2D eigenvalue weighted by Gasteiger charge is 2.47. The zero-order valence-corrected chi connectivity index (χ0v) is 16.0. The van der Waals surface area contributed by atoms with Crippen LogP contribution in [0.15, 0.2) is 52.7 Å². The number of furan rings is 1. The average molecular weight is 385 g/mol. The maximum Gasteiger partial charge on any atom is 0.295 e. The van der Waals surface area contributed by atoms with E-state index in [1.165, 1.54) is 18.3 Å². The summed E-state index contributed by atoms with van der Waals surface area (Å²) in [4.78, 5) is 26.9. The lowest BCUT2D eigenvalue weighted by Gasteiger charge is -2.23. The number of para-hydroxylation sites is 1. The van der Waals surface area contributed by atoms with Gasteiger partial charge in [0.1, 0.15) is 23.3 Å². The molecular weight excluding hydrogens is 362 g/mol. The molecule has 1 fully saturated rings. The molecule has 1 atom stereocenters. The number of hydrogen-bond donors (Lipinski definition) is 1. The van der Waals surface area contributed by atoms with E-state index >= 15 is 0 Å². The molecule has 1 N–H and O–H groups in total. The van der Waals surface area contributed by atoms with Gasteiger partial charge in [0.2, 0.25) is 0 Å². The van der Waals surface area contributed by atoms with Crippen molar-refractivity contribution in [1.82, 2.24) is 4.90 Å². The normalized spacial score (nSPS) is 18.9. The van der Waals surface area contributed by atoms with Gasteiger partial charge in [-0.15, -0.1) is 0 Å². The Kier molecular flexibility index (Phi) is 5.84. The van der Waals surface area contributed by atoms with Crippen LogP contribution in [0.5, 0.6) is 5.75 Å². The third-order valence-electron chi connectivity index (χ3n) is 4.50. The molecule has 0 radical (unpaired) electrons. The summed E-state index contributed by atoms with van der Waals surface area (Å²) < 4.78 is 16.3. The molecule has 7 heteroatoms. The summed E-state index contributed by atoms with van der Waals surface area (Å²) in [6.07, 6.45) is 1.45. The number of rotatable bonds is 7. The van der Waals surface area contributed by atoms with E-state index in [4.69, 9.17) is 13.9 Å². The van der Waals surface area contributed by atoms with Crippen molar-refractivity contribution in [3.05, 3.63) is 59.6 Å². The number of amides is 1. The van der Waals surface area contributed by atoms with Gasteiger partial charge in [0.05, 0.1) is 37.2 Å². The Morgan fingerprint density at radius 1 is 1.21 bits per heavy atom. The fraction of sp³-hybridized carbons (Fsp3) is 0.333. The number of benzene rings is 1. The molecule has 0 spiro atoms. The number of ether oxygens (including phenoxy) is 2. The SMILES string of the molecule is COc1ccccc1/C(O)=C1/C(=O)C(=O)N(CCOC(C)C)C1c1ccco1. The van der Waals surface area contributed by atoms with Crippen LogP contribution < -0.4 is 4.74 Å². The van der Waals surface area contributed by atoms with Crippen LogP contribution in [0.4, 0.5) is 0 Å². The number of carbonyl (C=O) groups is 2. The molecule has 1 aliphatic heterocycles. The summed E-state index contributed by atoms with van der Waals surface area (Å²) >= 11 is 0. The molecule has 1 aromatic heterocycles. The molecule has 0 aliphatic carbocycles. The minimum absolute atomic E-state index is 0.00698. The molecule has 7 nitrogen and oxygen atoms in total. The summed E-state index contributed by atoms with van der Waals surface area (Å²) in [6.45, 7) is 4.23. The molecule has 1 saturated heterocycles. The predicted molar refractivity (Wildman–Crippen MR) is 102 cm³/mol. The van der Waals surface area contributed by atoms with Crippen molar-refractivity contribution >= 4 is 17.4 Å². The molecule has 3 rings (SSSR count). The van der Waals surface area contributed by atoms with E-state index in [0.29, 0.717) is 17.1 Å². The average Bonchev–Trinajstić information content (AvgIpc) is 3.29. The van der Waals surface area contributed by atoms with E-state index in [2.05, 4.69) is 0 Å². The lowest BCUT2D eigenvalue weighted by atomic mass is 9.99. The Bertz CT molecular complexity index is 884. The quantitative estimate of drug-likeness (QED) is 0.447. The van der Waals surface area contributed by atoms with Crippen molar-refractivity contribution in [2.45, 2.75) is 26.0 Å². The highest BCUT2D eigenvalue weighted by molar-refractivity contribution is 6.46. The number of ketones is 1. The smallest absolute Gasteiger partial charge is 0.295 e. The Morgan fingerprint density at radius 2 is 1.96 bits per heavy atom. The van der Waals surface area contributed by atoms with Crippen LogP contribution in [0.3, 0.4) is 0 Å². The van der Waals surface area contributed by atoms with E-state index in [1.807, 2.05) is 13.8 Å². The number of carbonyl (C=O) groups excluding carboxylic acids is 2. The predicted octanol–water partition coefficient (Wildman–Crippen LogP) is 3.13. The van der Waals surface area contributed by atoms with Crippen molar-refractivity contribution < 1.29 is 28.6 Å². The fourth-order valence-electron chi connectivity index (χ4n) is 3.23. The lowest BCUT2D eigenvalue weighted by molar-refractivity contribution is -0.140. The first kappa shape index (κ1) is 19.7. The fourth-order valence-corrected chi connectivity index (χ4v) is 3.23. The first-order chi connectivity index (χ1) is 13.5. The van der Waals surface area contributed by atoms with Gasteiger partial charge in [-0.2, -0.15) is 0 Å². The van der Waals surface area contributed by atoms with Crippen molar-refractivity contribution in [2.75, 3.05) is 20.3 Å². The van der Waals surface area contributed by atoms with Gasteiger partial charge >= 0.3 is 0 Å². The standard InChI is InChI=1S/C21H23NO6/c1-13(2)27-12-10-22-18(16-9-6-11-28-16)17(20(24)21(22)25)19(23)14-7-4-5-8-15(14)26-3/h4-9,11,13,18,23H,10,12H2,1-3H3/b19-17-. The minimum atomic E-state index is -0.837. The molecule has 28 heavy (non-hydrogen) atoms. The van der Waals surface area contributed by atoms with Crippen molar-refractivity contribution in [3.63, 3.8) is 0 Å². The van der Waals surface area contributed by atoms with Gasteiger partial charge in [-0.05, 0) is 38.1 Å². The van der Waals surface area contributed by atoms with E-state index in [1.54, 1.807) is 36.4 Å². The molecule has 1 amide bonds. The van der Waals surface area contributed by atoms with Crippen molar-refractivity contribution in [2.24, 2.45) is 0 Å². The topological polar surface area (TPSA) is 89.2 Å². The summed E-state index contributed by atoms with van der Waals surface area (Å²) in [5.74, 6) is -0.989.